The number of carbonyl (C=O) groups excluding carboxylic acids is 5. The molecule has 5 aliphatic heterocycles. The van der Waals surface area contributed by atoms with Crippen molar-refractivity contribution in [2.45, 2.75) is 301 Å². The van der Waals surface area contributed by atoms with Crippen molar-refractivity contribution in [3.63, 3.8) is 0 Å². The van der Waals surface area contributed by atoms with Gasteiger partial charge in [-0.3, -0.25) is 24.0 Å². The Hall–Kier alpha value is -4.97. The maximum absolute atomic E-state index is 14.1. The third kappa shape index (κ3) is 23.5. The molecule has 5 fully saturated rings. The van der Waals surface area contributed by atoms with Crippen LogP contribution in [0.5, 0.6) is 0 Å². The van der Waals surface area contributed by atoms with Crippen molar-refractivity contribution in [3.05, 3.63) is 12.2 Å². The number of carboxylic acid groups (broad SMARTS) is 2. The van der Waals surface area contributed by atoms with Gasteiger partial charge >= 0.3 is 17.9 Å². The van der Waals surface area contributed by atoms with Crippen LogP contribution in [0, 0.1) is 0 Å². The van der Waals surface area contributed by atoms with Gasteiger partial charge in [-0.05, 0) is 12.8 Å². The summed E-state index contributed by atoms with van der Waals surface area (Å²) in [7, 11) is 0. The Balaban J connectivity index is 1.49. The first-order chi connectivity index (χ1) is 48.3. The lowest BCUT2D eigenvalue weighted by atomic mass is 9.87. The van der Waals surface area contributed by atoms with Gasteiger partial charge in [-0.2, -0.15) is 0 Å². The van der Waals surface area contributed by atoms with Crippen LogP contribution < -0.4 is 21.3 Å². The standard InChI is InChI=1S/C63H106N4O35/c1-6-7-8-9-10-11-12-13-14-15-16-17-18-19-34(77)33(64-28-72)26-93-58-50(86)49(85)52(40(24-70)95-58)97-59-51(87)56(53(41(25-71)96-59)98-57-44(67-31(4)75)48(84)46(82)38(22-68)94-57)102-63(61(90)91)21-36(79)43(66-30(3)74)55(101-63)47(83)39(23-69)99-62(60(88)89)20-35(78)42(65-29(2)73)54(100-62)45(81)37(80)27-92-32(5)76/h18-19,28,33-59,68-71,77-87H,6-17,20-27H2,1-5H3,(H,64,72)(H,65,73)(H,66,74)(H,67,75)(H,88,89)(H,90,91)/b19-18+/t33-,34+,35-,36-,37+,38+,39+,40+,41+,42+,43+,44+,45+,46-,47+,48+,49+,50+,51+,52+,53-,54+,55+,56+,57-,58+,59-,62+,63-/m0/s1. The molecule has 0 radical (unpaired) electrons. The Morgan fingerprint density at radius 1 is 0.549 bits per heavy atom. The molecule has 5 heterocycles. The predicted molar refractivity (Wildman–Crippen MR) is 338 cm³/mol. The van der Waals surface area contributed by atoms with E-state index in [-0.39, 0.29) is 6.41 Å². The molecule has 21 N–H and O–H groups in total. The van der Waals surface area contributed by atoms with E-state index in [0.29, 0.717) is 6.42 Å². The van der Waals surface area contributed by atoms with Crippen molar-refractivity contribution >= 4 is 42.0 Å². The van der Waals surface area contributed by atoms with Gasteiger partial charge in [0.15, 0.2) is 18.9 Å². The van der Waals surface area contributed by atoms with Gasteiger partial charge in [-0.1, -0.05) is 83.3 Å². The van der Waals surface area contributed by atoms with Crippen LogP contribution in [0.1, 0.15) is 125 Å². The number of hydrogen-bond donors (Lipinski definition) is 21. The smallest absolute Gasteiger partial charge is 0.364 e. The fourth-order valence-corrected chi connectivity index (χ4v) is 12.8. The van der Waals surface area contributed by atoms with Crippen molar-refractivity contribution in [2.75, 3.05) is 39.6 Å². The van der Waals surface area contributed by atoms with Crippen molar-refractivity contribution in [1.82, 2.24) is 21.3 Å². The minimum atomic E-state index is -3.60. The van der Waals surface area contributed by atoms with E-state index in [1.807, 2.05) is 0 Å². The second-order valence-electron chi connectivity index (χ2n) is 26.1. The molecule has 39 nitrogen and oxygen atoms in total. The van der Waals surface area contributed by atoms with Crippen LogP contribution in [-0.4, -0.2) is 345 Å². The molecular weight excluding hydrogens is 1370 g/mol. The number of esters is 1. The molecule has 0 aromatic rings. The average molecular weight is 1480 g/mol. The van der Waals surface area contributed by atoms with Crippen molar-refractivity contribution in [2.24, 2.45) is 0 Å². The Morgan fingerprint density at radius 2 is 1.04 bits per heavy atom. The fraction of sp³-hybridized carbons (Fsp3) is 0.857. The summed E-state index contributed by atoms with van der Waals surface area (Å²) in [5.74, 6) is -15.3. The summed E-state index contributed by atoms with van der Waals surface area (Å²) in [5, 5.41) is 201. The van der Waals surface area contributed by atoms with E-state index in [2.05, 4.69) is 28.2 Å². The summed E-state index contributed by atoms with van der Waals surface area (Å²) in [4.78, 5) is 88.5. The van der Waals surface area contributed by atoms with E-state index in [9.17, 15) is 120 Å². The zero-order valence-electron chi connectivity index (χ0n) is 57.4. The van der Waals surface area contributed by atoms with E-state index in [1.54, 1.807) is 6.08 Å². The number of ether oxygens (including phenoxy) is 11. The van der Waals surface area contributed by atoms with Gasteiger partial charge in [-0.15, -0.1) is 0 Å². The molecule has 0 aliphatic carbocycles. The first-order valence-corrected chi connectivity index (χ1v) is 34.1. The monoisotopic (exact) mass is 1480 g/mol. The molecule has 5 saturated heterocycles. The summed E-state index contributed by atoms with van der Waals surface area (Å²) < 4.78 is 63.8. The predicted octanol–water partition coefficient (Wildman–Crippen LogP) is -7.75. The lowest BCUT2D eigenvalue weighted by Crippen LogP contribution is -2.72. The zero-order chi connectivity index (χ0) is 75.9. The van der Waals surface area contributed by atoms with E-state index in [0.717, 1.165) is 59.8 Å². The minimum Gasteiger partial charge on any atom is -0.477 e. The highest BCUT2D eigenvalue weighted by Crippen LogP contribution is 2.42. The lowest BCUT2D eigenvalue weighted by molar-refractivity contribution is -0.402. The van der Waals surface area contributed by atoms with Crippen molar-refractivity contribution in [3.8, 4) is 0 Å². The summed E-state index contributed by atoms with van der Waals surface area (Å²) in [6.07, 6.45) is -36.5. The molecule has 0 saturated carbocycles. The van der Waals surface area contributed by atoms with Gasteiger partial charge in [0.1, 0.15) is 116 Å². The number of carboxylic acids is 2. The third-order valence-corrected chi connectivity index (χ3v) is 18.2. The third-order valence-electron chi connectivity index (χ3n) is 18.2. The molecule has 588 valence electrons. The molecule has 0 aromatic carbocycles. The first-order valence-electron chi connectivity index (χ1n) is 34.1. The van der Waals surface area contributed by atoms with Crippen LogP contribution in [0.25, 0.3) is 0 Å². The second-order valence-corrected chi connectivity index (χ2v) is 26.1. The minimum absolute atomic E-state index is 0.281. The number of unbranched alkanes of at least 4 members (excludes halogenated alkanes) is 11. The number of allylic oxidation sites excluding steroid dienone is 1. The fourth-order valence-electron chi connectivity index (χ4n) is 12.8. The van der Waals surface area contributed by atoms with Crippen LogP contribution in [0.3, 0.4) is 0 Å². The molecule has 39 heteroatoms. The van der Waals surface area contributed by atoms with E-state index in [4.69, 9.17) is 52.1 Å². The number of aliphatic carboxylic acids is 2. The summed E-state index contributed by atoms with van der Waals surface area (Å²) in [5.41, 5.74) is 0. The van der Waals surface area contributed by atoms with Gasteiger partial charge in [0.25, 0.3) is 11.6 Å². The molecule has 5 aliphatic rings. The highest BCUT2D eigenvalue weighted by molar-refractivity contribution is 5.78. The number of hydrogen-bond acceptors (Lipinski definition) is 33. The summed E-state index contributed by atoms with van der Waals surface area (Å²) >= 11 is 0. The quantitative estimate of drug-likeness (QED) is 0.0117. The summed E-state index contributed by atoms with van der Waals surface area (Å²) in [6.45, 7) is -0.654. The first kappa shape index (κ1) is 87.7. The zero-order valence-corrected chi connectivity index (χ0v) is 57.4. The molecule has 0 spiro atoms. The molecule has 4 amide bonds. The summed E-state index contributed by atoms with van der Waals surface area (Å²) in [6, 6.07) is -6.87. The van der Waals surface area contributed by atoms with Crippen LogP contribution in [-0.2, 0) is 85.7 Å². The molecule has 29 atom stereocenters. The lowest BCUT2D eigenvalue weighted by Gasteiger charge is -2.52. The van der Waals surface area contributed by atoms with Gasteiger partial charge < -0.3 is 160 Å². The topological polar surface area (TPSA) is 613 Å². The van der Waals surface area contributed by atoms with Crippen molar-refractivity contribution < 1.29 is 172 Å². The maximum atomic E-state index is 14.1. The molecule has 102 heavy (non-hydrogen) atoms. The van der Waals surface area contributed by atoms with Crippen LogP contribution >= 0.6 is 0 Å². The highest BCUT2D eigenvalue weighted by Gasteiger charge is 2.64. The largest absolute Gasteiger partial charge is 0.477 e. The van der Waals surface area contributed by atoms with Gasteiger partial charge in [0, 0.05) is 40.5 Å². The Kier molecular flexibility index (Phi) is 35.9. The Bertz CT molecular complexity index is 2640. The molecule has 5 rings (SSSR count). The van der Waals surface area contributed by atoms with Gasteiger partial charge in [-0.25, -0.2) is 9.59 Å². The van der Waals surface area contributed by atoms with Gasteiger partial charge in [0.2, 0.25) is 24.1 Å². The average Bonchev–Trinajstić information content (AvgIpc) is 0.744. The maximum Gasteiger partial charge on any atom is 0.364 e. The van der Waals surface area contributed by atoms with E-state index in [1.165, 1.54) is 44.6 Å². The normalized spacial score (nSPS) is 36.1. The van der Waals surface area contributed by atoms with Crippen molar-refractivity contribution in [1.29, 1.82) is 0 Å². The van der Waals surface area contributed by atoms with E-state index < -0.39 is 265 Å². The number of rotatable bonds is 42. The molecular formula is C63H106N4O35. The van der Waals surface area contributed by atoms with Gasteiger partial charge in [0.05, 0.1) is 69.5 Å². The SMILES string of the molecule is CCCCCCCCCCCCC/C=C/[C@@H](O)[C@H](CO[C@@H]1O[C@H](CO)[C@@H](O[C@@H]2O[C@H](CO)[C@H](O[C@@H]3O[C@H](CO)[C@H](O)[C@H](O)[C@H]3NC(C)=O)[C@H](O[C@]3(C(=O)O)C[C@H](O)[C@@H](NC(C)=O)[C@H]([C@H](O)[C@@H](CO)O[C@]4(C(=O)O)C[C@H](O)[C@@H](NC(C)=O)[C@H]([C@H](O)[C@H](O)COC(C)=O)O4)O3)[C@H]2O)[C@H](O)[C@H]1O)NC=O. The van der Waals surface area contributed by atoms with Crippen LogP contribution in [0.2, 0.25) is 0 Å². The number of aliphatic hydroxyl groups excluding tert-OH is 15. The second kappa shape index (κ2) is 41.8. The number of nitrogens with one attached hydrogen (secondary N) is 4. The Labute approximate surface area is 587 Å². The van der Waals surface area contributed by atoms with Crippen LogP contribution in [0.4, 0.5) is 0 Å². The highest BCUT2D eigenvalue weighted by atomic mass is 16.8. The van der Waals surface area contributed by atoms with E-state index >= 15 is 0 Å². The number of carbonyl (C=O) groups is 7. The number of aliphatic hydroxyl groups is 15. The Morgan fingerprint density at radius 3 is 1.56 bits per heavy atom. The molecule has 0 bridgehead atoms. The molecule has 0 aromatic heterocycles. The van der Waals surface area contributed by atoms with Crippen LogP contribution in [0.15, 0.2) is 12.2 Å². The number of amides is 4. The molecule has 0 unspecified atom stereocenters.